The fraction of sp³-hybridized carbons (Fsp3) is 0.440. The van der Waals surface area contributed by atoms with E-state index in [4.69, 9.17) is 4.74 Å². The molecule has 1 aliphatic heterocycles. The fourth-order valence-corrected chi connectivity index (χ4v) is 4.99. The third kappa shape index (κ3) is 5.45. The number of amides is 4. The summed E-state index contributed by atoms with van der Waals surface area (Å²) in [6.07, 6.45) is -4.51. The number of carbonyl (C=O) groups is 4. The maximum atomic E-state index is 14.8. The van der Waals surface area contributed by atoms with Crippen LogP contribution in [0.4, 0.5) is 31.5 Å². The molecule has 0 aromatic heterocycles. The maximum absolute atomic E-state index is 14.8. The first-order valence-corrected chi connectivity index (χ1v) is 12.0. The molecule has 14 heteroatoms. The summed E-state index contributed by atoms with van der Waals surface area (Å²) in [6, 6.07) is 1.58. The standard InChI is InChI=1S/C25H25F5N4O5/c1-13(25(28,29)30)34(10-14-3-5-15(26)6-4-14)19(35)11-33-12-24(39-23(33)38)8-7-16-17(24)9-18(27)20(21(16)36)32-22(37)31-2/h3-6,9,13,16H,7-8,10-12H2,1-2H3,(H2,31,32,37)/t13-,16?,24?/m0/s1. The van der Waals surface area contributed by atoms with E-state index in [0.29, 0.717) is 4.90 Å². The van der Waals surface area contributed by atoms with Gasteiger partial charge in [-0.05, 0) is 49.1 Å². The summed E-state index contributed by atoms with van der Waals surface area (Å²) >= 11 is 0. The average Bonchev–Trinajstić information content (AvgIpc) is 3.38. The van der Waals surface area contributed by atoms with Gasteiger partial charge in [0.25, 0.3) is 0 Å². The molecule has 2 aliphatic carbocycles. The van der Waals surface area contributed by atoms with E-state index >= 15 is 0 Å². The summed E-state index contributed by atoms with van der Waals surface area (Å²) in [5.41, 5.74) is -1.59. The van der Waals surface area contributed by atoms with Crippen LogP contribution in [-0.2, 0) is 20.9 Å². The molecule has 2 unspecified atom stereocenters. The van der Waals surface area contributed by atoms with Crippen LogP contribution in [0.1, 0.15) is 25.3 Å². The predicted molar refractivity (Wildman–Crippen MR) is 125 cm³/mol. The third-order valence-electron chi connectivity index (χ3n) is 7.13. The van der Waals surface area contributed by atoms with Gasteiger partial charge in [0.1, 0.15) is 24.1 Å². The van der Waals surface area contributed by atoms with E-state index in [1.54, 1.807) is 0 Å². The highest BCUT2D eigenvalue weighted by molar-refractivity contribution is 6.04. The van der Waals surface area contributed by atoms with E-state index in [0.717, 1.165) is 30.0 Å². The predicted octanol–water partition coefficient (Wildman–Crippen LogP) is 3.33. The van der Waals surface area contributed by atoms with Gasteiger partial charge in [0, 0.05) is 19.5 Å². The number of ketones is 1. The SMILES string of the molecule is CNC(=O)NC1=C(F)C=C2C(CCC23CN(CC(=O)N(Cc2ccc(F)cc2)[C@@H](C)C(F)(F)F)C(=O)O3)C1=O. The first-order chi connectivity index (χ1) is 18.3. The highest BCUT2D eigenvalue weighted by atomic mass is 19.4. The molecule has 1 aromatic carbocycles. The number of benzene rings is 1. The molecule has 4 amide bonds. The molecule has 39 heavy (non-hydrogen) atoms. The summed E-state index contributed by atoms with van der Waals surface area (Å²) < 4.78 is 74.3. The number of hydrogen-bond acceptors (Lipinski definition) is 5. The van der Waals surface area contributed by atoms with Crippen molar-refractivity contribution >= 4 is 23.8 Å². The van der Waals surface area contributed by atoms with Gasteiger partial charge in [0.15, 0.2) is 17.2 Å². The lowest BCUT2D eigenvalue weighted by Crippen LogP contribution is -2.50. The zero-order valence-electron chi connectivity index (χ0n) is 20.9. The molecule has 210 valence electrons. The monoisotopic (exact) mass is 556 g/mol. The highest BCUT2D eigenvalue weighted by Gasteiger charge is 2.57. The second-order valence-corrected chi connectivity index (χ2v) is 9.57. The number of allylic oxidation sites excluding steroid dienone is 3. The van der Waals surface area contributed by atoms with Gasteiger partial charge in [0.05, 0.1) is 6.54 Å². The number of ether oxygens (including phenoxy) is 1. The molecule has 1 spiro atoms. The molecule has 1 aromatic rings. The van der Waals surface area contributed by atoms with Crippen LogP contribution >= 0.6 is 0 Å². The van der Waals surface area contributed by atoms with Gasteiger partial charge >= 0.3 is 18.3 Å². The number of halogens is 5. The Hall–Kier alpha value is -3.97. The molecular formula is C25H25F5N4O5. The Morgan fingerprint density at radius 2 is 1.87 bits per heavy atom. The molecule has 3 atom stereocenters. The van der Waals surface area contributed by atoms with Gasteiger partial charge in [-0.15, -0.1) is 0 Å². The largest absolute Gasteiger partial charge is 0.436 e. The lowest BCUT2D eigenvalue weighted by atomic mass is 9.85. The minimum absolute atomic E-state index is 0.102. The molecule has 4 rings (SSSR count). The third-order valence-corrected chi connectivity index (χ3v) is 7.13. The van der Waals surface area contributed by atoms with Crippen LogP contribution in [0.3, 0.4) is 0 Å². The van der Waals surface area contributed by atoms with Crippen molar-refractivity contribution in [2.24, 2.45) is 5.92 Å². The summed E-state index contributed by atoms with van der Waals surface area (Å²) in [4.78, 5) is 51.7. The number of nitrogens with one attached hydrogen (secondary N) is 2. The number of alkyl halides is 3. The summed E-state index contributed by atoms with van der Waals surface area (Å²) in [6.45, 7) is -0.753. The van der Waals surface area contributed by atoms with Crippen molar-refractivity contribution in [2.75, 3.05) is 20.1 Å². The highest BCUT2D eigenvalue weighted by Crippen LogP contribution is 2.49. The number of carbonyl (C=O) groups excluding carboxylic acids is 4. The molecular weight excluding hydrogens is 531 g/mol. The quantitative estimate of drug-likeness (QED) is 0.523. The lowest BCUT2D eigenvalue weighted by molar-refractivity contribution is -0.187. The normalized spacial score (nSPS) is 23.4. The van der Waals surface area contributed by atoms with Crippen LogP contribution in [0, 0.1) is 11.7 Å². The van der Waals surface area contributed by atoms with E-state index in [-0.39, 0.29) is 30.5 Å². The van der Waals surface area contributed by atoms with Crippen LogP contribution in [0.5, 0.6) is 0 Å². The van der Waals surface area contributed by atoms with E-state index in [2.05, 4.69) is 10.6 Å². The lowest BCUT2D eigenvalue weighted by Gasteiger charge is -2.32. The maximum Gasteiger partial charge on any atom is 0.411 e. The second-order valence-electron chi connectivity index (χ2n) is 9.57. The number of urea groups is 1. The first kappa shape index (κ1) is 28.0. The molecule has 9 nitrogen and oxygen atoms in total. The minimum atomic E-state index is -4.78. The minimum Gasteiger partial charge on any atom is -0.436 e. The zero-order valence-corrected chi connectivity index (χ0v) is 20.9. The molecule has 1 heterocycles. The number of nitrogens with zero attached hydrogens (tertiary/aromatic N) is 2. The van der Waals surface area contributed by atoms with E-state index in [1.165, 1.54) is 19.2 Å². The molecule has 1 saturated carbocycles. The van der Waals surface area contributed by atoms with Crippen molar-refractivity contribution in [3.05, 3.63) is 58.8 Å². The van der Waals surface area contributed by atoms with Gasteiger partial charge < -0.3 is 20.3 Å². The second kappa shape index (κ2) is 10.3. The Labute approximate surface area is 219 Å². The van der Waals surface area contributed by atoms with Crippen LogP contribution < -0.4 is 10.6 Å². The van der Waals surface area contributed by atoms with Crippen LogP contribution in [0.2, 0.25) is 0 Å². The summed E-state index contributed by atoms with van der Waals surface area (Å²) in [5, 5.41) is 4.35. The number of hydrogen-bond donors (Lipinski definition) is 2. The smallest absolute Gasteiger partial charge is 0.411 e. The summed E-state index contributed by atoms with van der Waals surface area (Å²) in [5.74, 6) is -4.27. The van der Waals surface area contributed by atoms with E-state index < -0.39 is 78.0 Å². The Morgan fingerprint density at radius 3 is 2.49 bits per heavy atom. The molecule has 2 fully saturated rings. The van der Waals surface area contributed by atoms with Crippen molar-refractivity contribution in [3.8, 4) is 0 Å². The Morgan fingerprint density at radius 1 is 1.21 bits per heavy atom. The van der Waals surface area contributed by atoms with E-state index in [9.17, 15) is 41.1 Å². The molecule has 0 radical (unpaired) electrons. The average molecular weight is 556 g/mol. The van der Waals surface area contributed by atoms with Gasteiger partial charge in [-0.25, -0.2) is 18.4 Å². The van der Waals surface area contributed by atoms with Crippen LogP contribution in [-0.4, -0.2) is 71.6 Å². The first-order valence-electron chi connectivity index (χ1n) is 12.0. The Kier molecular flexibility index (Phi) is 7.41. The fourth-order valence-electron chi connectivity index (χ4n) is 4.99. The van der Waals surface area contributed by atoms with Crippen molar-refractivity contribution < 1.29 is 45.9 Å². The van der Waals surface area contributed by atoms with Crippen LogP contribution in [0.25, 0.3) is 0 Å². The van der Waals surface area contributed by atoms with Crippen molar-refractivity contribution in [2.45, 2.75) is 44.1 Å². The molecule has 2 N–H and O–H groups in total. The topological polar surface area (TPSA) is 108 Å². The van der Waals surface area contributed by atoms with Crippen LogP contribution in [0.15, 0.2) is 47.4 Å². The van der Waals surface area contributed by atoms with Gasteiger partial charge in [-0.2, -0.15) is 13.2 Å². The number of fused-ring (bicyclic) bond motifs is 2. The Bertz CT molecular complexity index is 1260. The molecule has 0 bridgehead atoms. The number of rotatable bonds is 6. The zero-order chi connectivity index (χ0) is 28.7. The summed E-state index contributed by atoms with van der Waals surface area (Å²) in [7, 11) is 1.29. The van der Waals surface area contributed by atoms with Crippen molar-refractivity contribution in [3.63, 3.8) is 0 Å². The molecule has 3 aliphatic rings. The Balaban J connectivity index is 1.55. The van der Waals surface area contributed by atoms with Gasteiger partial charge in [0.2, 0.25) is 5.91 Å². The van der Waals surface area contributed by atoms with Crippen molar-refractivity contribution in [1.82, 2.24) is 20.4 Å². The number of Topliss-reactive ketones (excluding diaryl/α,β-unsaturated/α-hetero) is 1. The molecule has 1 saturated heterocycles. The van der Waals surface area contributed by atoms with Gasteiger partial charge in [-0.1, -0.05) is 12.1 Å². The van der Waals surface area contributed by atoms with Crippen molar-refractivity contribution in [1.29, 1.82) is 0 Å². The van der Waals surface area contributed by atoms with E-state index in [1.807, 2.05) is 0 Å². The van der Waals surface area contributed by atoms with Gasteiger partial charge in [-0.3, -0.25) is 14.5 Å².